The van der Waals surface area contributed by atoms with Gasteiger partial charge < -0.3 is 15.2 Å². The molecule has 8 nitrogen and oxygen atoms in total. The van der Waals surface area contributed by atoms with Gasteiger partial charge in [0, 0.05) is 55.2 Å². The van der Waals surface area contributed by atoms with Crippen molar-refractivity contribution < 1.29 is 4.79 Å². The molecule has 0 aliphatic carbocycles. The van der Waals surface area contributed by atoms with Gasteiger partial charge in [-0.15, -0.1) is 0 Å². The minimum atomic E-state index is -0.0418. The number of rotatable bonds is 6. The fourth-order valence-corrected chi connectivity index (χ4v) is 4.24. The largest absolute Gasteiger partial charge is 0.361 e. The summed E-state index contributed by atoms with van der Waals surface area (Å²) in [5.41, 5.74) is 2.36. The number of nitrogens with zero attached hydrogens (tertiary/aromatic N) is 5. The van der Waals surface area contributed by atoms with Crippen LogP contribution in [0.2, 0.25) is 0 Å². The summed E-state index contributed by atoms with van der Waals surface area (Å²) >= 11 is 0. The molecule has 8 heteroatoms. The molecule has 158 valence electrons. The zero-order valence-corrected chi connectivity index (χ0v) is 17.2. The van der Waals surface area contributed by atoms with Crippen molar-refractivity contribution in [2.75, 3.05) is 24.5 Å². The molecule has 0 saturated carbocycles. The van der Waals surface area contributed by atoms with Gasteiger partial charge in [-0.2, -0.15) is 5.10 Å². The monoisotopic (exact) mass is 415 g/mol. The standard InChI is InChI=1S/C23H25N7O/c31-23(24-10-8-17-14-25-20-7-2-1-6-19(17)20)18-5-3-11-29(15-18)21-13-22(27-16-26-21)30-12-4-9-28-30/h1-2,4,6-7,9,12-14,16,18,25H,3,5,8,10-11,15H2,(H,24,31). The number of H-pyrrole nitrogens is 1. The van der Waals surface area contributed by atoms with E-state index in [1.807, 2.05) is 36.7 Å². The first kappa shape index (κ1) is 19.3. The molecule has 0 bridgehead atoms. The number of aromatic nitrogens is 5. The number of carbonyl (C=O) groups is 1. The second kappa shape index (κ2) is 8.59. The molecule has 2 N–H and O–H groups in total. The van der Waals surface area contributed by atoms with Gasteiger partial charge in [-0.1, -0.05) is 18.2 Å². The van der Waals surface area contributed by atoms with Crippen LogP contribution >= 0.6 is 0 Å². The molecule has 1 aliphatic heterocycles. The quantitative estimate of drug-likeness (QED) is 0.505. The summed E-state index contributed by atoms with van der Waals surface area (Å²) in [5.74, 6) is 1.63. The third-order valence-electron chi connectivity index (χ3n) is 5.86. The molecule has 0 spiro atoms. The normalized spacial score (nSPS) is 16.5. The molecular formula is C23H25N7O. The molecular weight excluding hydrogens is 390 g/mol. The van der Waals surface area contributed by atoms with Crippen LogP contribution in [-0.2, 0) is 11.2 Å². The number of fused-ring (bicyclic) bond motifs is 1. The minimum absolute atomic E-state index is 0.0418. The summed E-state index contributed by atoms with van der Waals surface area (Å²) in [5, 5.41) is 8.59. The SMILES string of the molecule is O=C(NCCc1c[nH]c2ccccc12)C1CCCN(c2cc(-n3cccn3)ncn2)C1. The number of para-hydroxylation sites is 1. The van der Waals surface area contributed by atoms with E-state index >= 15 is 0 Å². The van der Waals surface area contributed by atoms with Gasteiger partial charge in [0.1, 0.15) is 12.1 Å². The van der Waals surface area contributed by atoms with Gasteiger partial charge in [0.2, 0.25) is 5.91 Å². The van der Waals surface area contributed by atoms with Crippen LogP contribution in [0, 0.1) is 5.92 Å². The Hall–Kier alpha value is -3.68. The summed E-state index contributed by atoms with van der Waals surface area (Å²) in [6.07, 6.45) is 9.83. The van der Waals surface area contributed by atoms with E-state index in [1.54, 1.807) is 17.2 Å². The van der Waals surface area contributed by atoms with Gasteiger partial charge in [-0.3, -0.25) is 4.79 Å². The Morgan fingerprint density at radius 1 is 1.19 bits per heavy atom. The van der Waals surface area contributed by atoms with Crippen molar-refractivity contribution in [1.29, 1.82) is 0 Å². The van der Waals surface area contributed by atoms with E-state index in [4.69, 9.17) is 0 Å². The molecule has 5 rings (SSSR count). The predicted octanol–water partition coefficient (Wildman–Crippen LogP) is 2.72. The van der Waals surface area contributed by atoms with Gasteiger partial charge in [-0.05, 0) is 37.0 Å². The Balaban J connectivity index is 1.19. The van der Waals surface area contributed by atoms with Gasteiger partial charge in [0.25, 0.3) is 0 Å². The summed E-state index contributed by atoms with van der Waals surface area (Å²) in [6, 6.07) is 12.0. The first-order chi connectivity index (χ1) is 15.3. The molecule has 1 atom stereocenters. The van der Waals surface area contributed by atoms with E-state index < -0.39 is 0 Å². The van der Waals surface area contributed by atoms with Gasteiger partial charge in [-0.25, -0.2) is 14.6 Å². The van der Waals surface area contributed by atoms with Crippen molar-refractivity contribution in [1.82, 2.24) is 30.0 Å². The van der Waals surface area contributed by atoms with Crippen molar-refractivity contribution in [2.45, 2.75) is 19.3 Å². The highest BCUT2D eigenvalue weighted by atomic mass is 16.1. The molecule has 4 aromatic rings. The number of hydrogen-bond donors (Lipinski definition) is 2. The fourth-order valence-electron chi connectivity index (χ4n) is 4.24. The van der Waals surface area contributed by atoms with E-state index in [0.717, 1.165) is 43.0 Å². The highest BCUT2D eigenvalue weighted by Crippen LogP contribution is 2.23. The fraction of sp³-hybridized carbons (Fsp3) is 0.304. The van der Waals surface area contributed by atoms with Gasteiger partial charge in [0.15, 0.2) is 5.82 Å². The highest BCUT2D eigenvalue weighted by Gasteiger charge is 2.26. The number of piperidine rings is 1. The van der Waals surface area contributed by atoms with E-state index in [0.29, 0.717) is 13.1 Å². The van der Waals surface area contributed by atoms with E-state index in [1.165, 1.54) is 10.9 Å². The lowest BCUT2D eigenvalue weighted by Gasteiger charge is -2.32. The number of aromatic amines is 1. The second-order valence-electron chi connectivity index (χ2n) is 7.87. The maximum Gasteiger partial charge on any atom is 0.224 e. The maximum atomic E-state index is 12.8. The van der Waals surface area contributed by atoms with Crippen LogP contribution in [0.25, 0.3) is 16.7 Å². The zero-order valence-electron chi connectivity index (χ0n) is 17.2. The Labute approximate surface area is 180 Å². The molecule has 1 fully saturated rings. The van der Waals surface area contributed by atoms with Crippen LogP contribution in [0.1, 0.15) is 18.4 Å². The Bertz CT molecular complexity index is 1170. The van der Waals surface area contributed by atoms with Crippen molar-refractivity contribution in [2.24, 2.45) is 5.92 Å². The lowest BCUT2D eigenvalue weighted by atomic mass is 9.97. The first-order valence-electron chi connectivity index (χ1n) is 10.7. The smallest absolute Gasteiger partial charge is 0.224 e. The number of benzene rings is 1. The van der Waals surface area contributed by atoms with E-state index in [-0.39, 0.29) is 11.8 Å². The molecule has 1 aromatic carbocycles. The average Bonchev–Trinajstić information content (AvgIpc) is 3.50. The zero-order chi connectivity index (χ0) is 21.0. The lowest BCUT2D eigenvalue weighted by molar-refractivity contribution is -0.125. The Kier molecular flexibility index (Phi) is 5.35. The topological polar surface area (TPSA) is 91.7 Å². The van der Waals surface area contributed by atoms with Gasteiger partial charge >= 0.3 is 0 Å². The summed E-state index contributed by atoms with van der Waals surface area (Å²) in [7, 11) is 0. The number of nitrogens with one attached hydrogen (secondary N) is 2. The lowest BCUT2D eigenvalue weighted by Crippen LogP contribution is -2.43. The van der Waals surface area contributed by atoms with Crippen molar-refractivity contribution in [3.63, 3.8) is 0 Å². The van der Waals surface area contributed by atoms with Crippen LogP contribution < -0.4 is 10.2 Å². The molecule has 0 radical (unpaired) electrons. The van der Waals surface area contributed by atoms with Crippen molar-refractivity contribution in [3.05, 3.63) is 66.9 Å². The molecule has 31 heavy (non-hydrogen) atoms. The molecule has 1 amide bonds. The predicted molar refractivity (Wildman–Crippen MR) is 119 cm³/mol. The molecule has 1 aliphatic rings. The summed E-state index contributed by atoms with van der Waals surface area (Å²) in [6.45, 7) is 2.18. The third-order valence-corrected chi connectivity index (χ3v) is 5.86. The Morgan fingerprint density at radius 2 is 2.10 bits per heavy atom. The van der Waals surface area contributed by atoms with Crippen molar-refractivity contribution >= 4 is 22.6 Å². The first-order valence-corrected chi connectivity index (χ1v) is 10.7. The molecule has 1 saturated heterocycles. The molecule has 4 heterocycles. The van der Waals surface area contributed by atoms with E-state index in [9.17, 15) is 4.79 Å². The number of amides is 1. The number of carbonyl (C=O) groups excluding carboxylic acids is 1. The van der Waals surface area contributed by atoms with Crippen LogP contribution in [0.15, 0.2) is 61.3 Å². The number of anilines is 1. The van der Waals surface area contributed by atoms with Crippen LogP contribution in [-0.4, -0.2) is 50.3 Å². The summed E-state index contributed by atoms with van der Waals surface area (Å²) in [4.78, 5) is 27.0. The molecule has 3 aromatic heterocycles. The highest BCUT2D eigenvalue weighted by molar-refractivity contribution is 5.83. The van der Waals surface area contributed by atoms with Gasteiger partial charge in [0.05, 0.1) is 5.92 Å². The van der Waals surface area contributed by atoms with Crippen LogP contribution in [0.4, 0.5) is 5.82 Å². The second-order valence-corrected chi connectivity index (χ2v) is 7.87. The van der Waals surface area contributed by atoms with E-state index in [2.05, 4.69) is 42.4 Å². The van der Waals surface area contributed by atoms with Crippen LogP contribution in [0.3, 0.4) is 0 Å². The third kappa shape index (κ3) is 4.14. The van der Waals surface area contributed by atoms with Crippen molar-refractivity contribution in [3.8, 4) is 5.82 Å². The molecule has 1 unspecified atom stereocenters. The average molecular weight is 416 g/mol. The Morgan fingerprint density at radius 3 is 3.00 bits per heavy atom. The van der Waals surface area contributed by atoms with Crippen LogP contribution in [0.5, 0.6) is 0 Å². The summed E-state index contributed by atoms with van der Waals surface area (Å²) < 4.78 is 1.71. The maximum absolute atomic E-state index is 12.8. The minimum Gasteiger partial charge on any atom is -0.361 e. The number of hydrogen-bond acceptors (Lipinski definition) is 5.